The van der Waals surface area contributed by atoms with Crippen LogP contribution in [0.15, 0.2) is 64.9 Å². The molecule has 0 spiro atoms. The molecule has 0 radical (unpaired) electrons. The Kier molecular flexibility index (Phi) is 4.25. The van der Waals surface area contributed by atoms with Gasteiger partial charge in [0.2, 0.25) is 0 Å². The molecule has 0 bridgehead atoms. The van der Waals surface area contributed by atoms with E-state index in [1.54, 1.807) is 8.33 Å². The van der Waals surface area contributed by atoms with E-state index in [0.29, 0.717) is 0 Å². The van der Waals surface area contributed by atoms with Gasteiger partial charge in [0, 0.05) is 0 Å². The molecule has 19 heavy (non-hydrogen) atoms. The van der Waals surface area contributed by atoms with Crippen LogP contribution < -0.4 is 4.16 Å². The molecule has 0 fully saturated rings. The van der Waals surface area contributed by atoms with E-state index in [9.17, 15) is 0 Å². The van der Waals surface area contributed by atoms with Gasteiger partial charge in [0.1, 0.15) is 0 Å². The van der Waals surface area contributed by atoms with Crippen molar-refractivity contribution in [3.05, 3.63) is 64.9 Å². The predicted molar refractivity (Wildman–Crippen MR) is 79.3 cm³/mol. The third-order valence-electron chi connectivity index (χ3n) is 3.34. The molecule has 0 saturated carbocycles. The fraction of sp³-hybridized carbons (Fsp3) is 0.222. The fourth-order valence-corrected chi connectivity index (χ4v) is 4.79. The van der Waals surface area contributed by atoms with Crippen molar-refractivity contribution >= 4 is 14.9 Å². The zero-order valence-electron chi connectivity index (χ0n) is 11.0. The van der Waals surface area contributed by atoms with E-state index >= 15 is 0 Å². The molecule has 0 amide bonds. The van der Waals surface area contributed by atoms with E-state index in [-0.39, 0.29) is 17.1 Å². The van der Waals surface area contributed by atoms with Gasteiger partial charge in [-0.15, -0.1) is 0 Å². The molecule has 98 valence electrons. The summed E-state index contributed by atoms with van der Waals surface area (Å²) in [4.78, 5) is 0. The summed E-state index contributed by atoms with van der Waals surface area (Å²) in [5, 5.41) is 2.82. The van der Waals surface area contributed by atoms with E-state index in [2.05, 4.69) is 60.7 Å². The second-order valence-electron chi connectivity index (χ2n) is 4.76. The molecule has 0 unspecified atom stereocenters. The number of allylic oxidation sites excluding steroid dienone is 4. The Balaban J connectivity index is 1.88. The normalized spacial score (nSPS) is 16.1. The molecule has 0 saturated heterocycles. The van der Waals surface area contributed by atoms with E-state index < -0.39 is 0 Å². The Morgan fingerprint density at radius 3 is 2.63 bits per heavy atom. The van der Waals surface area contributed by atoms with Crippen LogP contribution in [0.5, 0.6) is 0 Å². The van der Waals surface area contributed by atoms with Crippen LogP contribution in [0.4, 0.5) is 0 Å². The minimum atomic E-state index is 0.202. The van der Waals surface area contributed by atoms with E-state index in [0.717, 1.165) is 0 Å². The van der Waals surface area contributed by atoms with Crippen molar-refractivity contribution in [1.82, 2.24) is 0 Å². The molecular formula is C18H18Ru. The SMILES string of the molecule is C1=CCC[C]([Ru][c]2cccc3ccccc23)=CCC1. The van der Waals surface area contributed by atoms with Crippen molar-refractivity contribution in [3.63, 3.8) is 0 Å². The van der Waals surface area contributed by atoms with E-state index in [1.165, 1.54) is 36.5 Å². The summed E-state index contributed by atoms with van der Waals surface area (Å²) >= 11 is 0.202. The standard InChI is InChI=1S/C10H7.C8H11.Ru/c1-2-6-10-8-4-3-7-9(10)5-1;1-2-4-6-8-7-5-3-1;/h1-7H;1-2,7H,3-6H2;. The monoisotopic (exact) mass is 336 g/mol. The van der Waals surface area contributed by atoms with Crippen LogP contribution >= 0.6 is 0 Å². The van der Waals surface area contributed by atoms with E-state index in [1.807, 2.05) is 0 Å². The number of hydrogen-bond donors (Lipinski definition) is 0. The Labute approximate surface area is 122 Å². The Bertz CT molecular complexity index is 617. The summed E-state index contributed by atoms with van der Waals surface area (Å²) in [6.45, 7) is 0. The Morgan fingerprint density at radius 1 is 0.789 bits per heavy atom. The first kappa shape index (κ1) is 12.8. The van der Waals surface area contributed by atoms with Crippen LogP contribution in [0.25, 0.3) is 10.8 Å². The predicted octanol–water partition coefficient (Wildman–Crippen LogP) is 4.56. The summed E-state index contributed by atoms with van der Waals surface area (Å²) in [5.74, 6) is 0. The van der Waals surface area contributed by atoms with Gasteiger partial charge in [-0.1, -0.05) is 0 Å². The number of rotatable bonds is 2. The molecule has 0 N–H and O–H groups in total. The van der Waals surface area contributed by atoms with Gasteiger partial charge in [-0.3, -0.25) is 0 Å². The van der Waals surface area contributed by atoms with Crippen LogP contribution in [0.1, 0.15) is 25.7 Å². The third-order valence-corrected chi connectivity index (χ3v) is 5.91. The molecule has 2 aromatic rings. The Morgan fingerprint density at radius 2 is 1.63 bits per heavy atom. The van der Waals surface area contributed by atoms with Crippen LogP contribution in [0.3, 0.4) is 0 Å². The van der Waals surface area contributed by atoms with Gasteiger partial charge in [-0.2, -0.15) is 0 Å². The van der Waals surface area contributed by atoms with E-state index in [4.69, 9.17) is 0 Å². The van der Waals surface area contributed by atoms with Gasteiger partial charge in [0.25, 0.3) is 0 Å². The van der Waals surface area contributed by atoms with Crippen molar-refractivity contribution < 1.29 is 17.1 Å². The van der Waals surface area contributed by atoms with Gasteiger partial charge >= 0.3 is 123 Å². The summed E-state index contributed by atoms with van der Waals surface area (Å²) in [5.41, 5.74) is 0. The van der Waals surface area contributed by atoms with Crippen molar-refractivity contribution in [2.75, 3.05) is 0 Å². The quantitative estimate of drug-likeness (QED) is 0.557. The maximum atomic E-state index is 2.49. The second-order valence-corrected chi connectivity index (χ2v) is 7.25. The average Bonchev–Trinajstić information content (AvgIpc) is 2.42. The summed E-state index contributed by atoms with van der Waals surface area (Å²) < 4.78 is 3.24. The van der Waals surface area contributed by atoms with Gasteiger partial charge < -0.3 is 0 Å². The second kappa shape index (κ2) is 6.30. The molecule has 0 aromatic heterocycles. The maximum absolute atomic E-state index is 2.49. The topological polar surface area (TPSA) is 0 Å². The first-order valence-electron chi connectivity index (χ1n) is 6.88. The first-order valence-corrected chi connectivity index (χ1v) is 8.61. The molecule has 2 aromatic carbocycles. The molecule has 0 aliphatic heterocycles. The minimum absolute atomic E-state index is 0.202. The molecule has 0 nitrogen and oxygen atoms in total. The number of fused-ring (bicyclic) bond motifs is 1. The van der Waals surface area contributed by atoms with Crippen molar-refractivity contribution in [2.24, 2.45) is 0 Å². The molecule has 1 aliphatic rings. The molecule has 1 heteroatoms. The van der Waals surface area contributed by atoms with Crippen molar-refractivity contribution in [3.8, 4) is 0 Å². The molecule has 0 atom stereocenters. The summed E-state index contributed by atoms with van der Waals surface area (Å²) in [7, 11) is 0. The van der Waals surface area contributed by atoms with Crippen LogP contribution in [0.2, 0.25) is 0 Å². The average molecular weight is 335 g/mol. The van der Waals surface area contributed by atoms with Gasteiger partial charge in [-0.05, 0) is 0 Å². The zero-order chi connectivity index (χ0) is 12.9. The molecule has 1 aliphatic carbocycles. The summed E-state index contributed by atoms with van der Waals surface area (Å²) in [6.07, 6.45) is 12.0. The number of benzene rings is 2. The molecule has 0 heterocycles. The number of hydrogen-bond acceptors (Lipinski definition) is 0. The first-order chi connectivity index (χ1) is 9.43. The Hall–Kier alpha value is -1.20. The molecule has 3 rings (SSSR count). The van der Waals surface area contributed by atoms with Crippen LogP contribution in [0, 0.1) is 0 Å². The van der Waals surface area contributed by atoms with Gasteiger partial charge in [0.15, 0.2) is 0 Å². The van der Waals surface area contributed by atoms with Crippen LogP contribution in [-0.4, -0.2) is 0 Å². The van der Waals surface area contributed by atoms with Gasteiger partial charge in [0.05, 0.1) is 0 Å². The fourth-order valence-electron chi connectivity index (χ4n) is 2.35. The third kappa shape index (κ3) is 3.22. The zero-order valence-corrected chi connectivity index (χ0v) is 12.7. The van der Waals surface area contributed by atoms with Gasteiger partial charge in [-0.25, -0.2) is 0 Å². The van der Waals surface area contributed by atoms with Crippen molar-refractivity contribution in [1.29, 1.82) is 0 Å². The van der Waals surface area contributed by atoms with Crippen LogP contribution in [-0.2, 0) is 17.1 Å². The summed E-state index contributed by atoms with van der Waals surface area (Å²) in [6, 6.07) is 15.5. The molecular weight excluding hydrogens is 317 g/mol. The van der Waals surface area contributed by atoms with Crippen molar-refractivity contribution in [2.45, 2.75) is 25.7 Å².